The number of hydrogen-bond acceptors (Lipinski definition) is 11. The van der Waals surface area contributed by atoms with Gasteiger partial charge in [-0.3, -0.25) is 4.90 Å². The summed E-state index contributed by atoms with van der Waals surface area (Å²) >= 11 is 0. The quantitative estimate of drug-likeness (QED) is 0.135. The lowest BCUT2D eigenvalue weighted by molar-refractivity contribution is -0.207. The average Bonchev–Trinajstić information content (AvgIpc) is 3.53. The van der Waals surface area contributed by atoms with E-state index in [-0.39, 0.29) is 24.5 Å². The number of carbonyl (C=O) groups is 3. The molecular formula is C32H31FN4O8. The lowest BCUT2D eigenvalue weighted by Crippen LogP contribution is -2.50. The first-order chi connectivity index (χ1) is 21.6. The van der Waals surface area contributed by atoms with Crippen LogP contribution in [0.25, 0.3) is 34.0 Å². The van der Waals surface area contributed by atoms with Gasteiger partial charge in [0, 0.05) is 63.3 Å². The van der Waals surface area contributed by atoms with Crippen molar-refractivity contribution in [2.75, 3.05) is 34.3 Å². The average molecular weight is 619 g/mol. The molecule has 1 aromatic heterocycles. The number of benzene rings is 3. The molecule has 234 valence electrons. The van der Waals surface area contributed by atoms with Crippen LogP contribution in [-0.4, -0.2) is 78.4 Å². The van der Waals surface area contributed by atoms with E-state index in [0.717, 1.165) is 28.7 Å². The SMILES string of the molecule is COC(=O)OC1(OC(=O)OC(=O)N(C)C)CCN(Cc2ccc(-c3noc(-c4ccc(-c5ccccc5)c(F)c4)n3)cc2)CC1. The Balaban J connectivity index is 1.20. The molecule has 0 saturated carbocycles. The number of methoxy groups -OCH3 is 1. The Morgan fingerprint density at radius 1 is 0.911 bits per heavy atom. The lowest BCUT2D eigenvalue weighted by atomic mass is 10.0. The molecule has 1 aliphatic heterocycles. The van der Waals surface area contributed by atoms with E-state index in [1.54, 1.807) is 12.1 Å². The summed E-state index contributed by atoms with van der Waals surface area (Å²) in [5.41, 5.74) is 3.44. The number of halogens is 1. The van der Waals surface area contributed by atoms with Crippen molar-refractivity contribution in [3.8, 4) is 34.0 Å². The van der Waals surface area contributed by atoms with E-state index in [4.69, 9.17) is 14.0 Å². The van der Waals surface area contributed by atoms with Gasteiger partial charge in [0.15, 0.2) is 0 Å². The van der Waals surface area contributed by atoms with Gasteiger partial charge in [-0.05, 0) is 23.3 Å². The zero-order chi connectivity index (χ0) is 32.0. The first kappa shape index (κ1) is 31.1. The van der Waals surface area contributed by atoms with Crippen molar-refractivity contribution in [3.63, 3.8) is 0 Å². The van der Waals surface area contributed by atoms with Crippen LogP contribution in [0.4, 0.5) is 18.8 Å². The van der Waals surface area contributed by atoms with Crippen molar-refractivity contribution in [2.24, 2.45) is 0 Å². The van der Waals surface area contributed by atoms with E-state index >= 15 is 0 Å². The summed E-state index contributed by atoms with van der Waals surface area (Å²) in [5, 5.41) is 4.07. The van der Waals surface area contributed by atoms with Crippen molar-refractivity contribution in [2.45, 2.75) is 25.2 Å². The normalized spacial score (nSPS) is 14.3. The maximum Gasteiger partial charge on any atom is 0.520 e. The van der Waals surface area contributed by atoms with Crippen LogP contribution in [0.5, 0.6) is 0 Å². The Morgan fingerprint density at radius 2 is 1.58 bits per heavy atom. The van der Waals surface area contributed by atoms with Crippen LogP contribution in [0, 0.1) is 5.82 Å². The monoisotopic (exact) mass is 618 g/mol. The molecule has 45 heavy (non-hydrogen) atoms. The zero-order valence-corrected chi connectivity index (χ0v) is 24.9. The Labute approximate surface area is 258 Å². The molecule has 13 heteroatoms. The number of aromatic nitrogens is 2. The van der Waals surface area contributed by atoms with E-state index in [9.17, 15) is 18.8 Å². The van der Waals surface area contributed by atoms with Crippen molar-refractivity contribution in [3.05, 3.63) is 84.2 Å². The highest BCUT2D eigenvalue weighted by molar-refractivity contribution is 5.80. The predicted molar refractivity (Wildman–Crippen MR) is 158 cm³/mol. The van der Waals surface area contributed by atoms with Crippen LogP contribution in [0.15, 0.2) is 77.3 Å². The van der Waals surface area contributed by atoms with Gasteiger partial charge >= 0.3 is 18.4 Å². The second-order valence-electron chi connectivity index (χ2n) is 10.5. The number of nitrogens with zero attached hydrogens (tertiary/aromatic N) is 4. The number of rotatable bonds is 7. The van der Waals surface area contributed by atoms with Gasteiger partial charge < -0.3 is 28.4 Å². The maximum atomic E-state index is 14.9. The summed E-state index contributed by atoms with van der Waals surface area (Å²) in [6, 6.07) is 21.6. The Kier molecular flexibility index (Phi) is 9.38. The fraction of sp³-hybridized carbons (Fsp3) is 0.281. The van der Waals surface area contributed by atoms with Gasteiger partial charge in [0.25, 0.3) is 11.7 Å². The summed E-state index contributed by atoms with van der Waals surface area (Å²) < 4.78 is 40.1. The van der Waals surface area contributed by atoms with Gasteiger partial charge in [-0.15, -0.1) is 0 Å². The summed E-state index contributed by atoms with van der Waals surface area (Å²) in [6.07, 6.45) is -2.96. The van der Waals surface area contributed by atoms with Gasteiger partial charge in [0.05, 0.1) is 7.11 Å². The fourth-order valence-electron chi connectivity index (χ4n) is 4.78. The van der Waals surface area contributed by atoms with Crippen LogP contribution in [0.2, 0.25) is 0 Å². The van der Waals surface area contributed by atoms with E-state index in [2.05, 4.69) is 24.5 Å². The number of piperidine rings is 1. The van der Waals surface area contributed by atoms with Crippen molar-refractivity contribution in [1.82, 2.24) is 19.9 Å². The molecule has 12 nitrogen and oxygen atoms in total. The molecule has 0 radical (unpaired) electrons. The number of carbonyl (C=O) groups excluding carboxylic acids is 3. The molecule has 1 aliphatic rings. The number of likely N-dealkylation sites (tertiary alicyclic amines) is 1. The van der Waals surface area contributed by atoms with Gasteiger partial charge in [0.1, 0.15) is 5.82 Å². The minimum atomic E-state index is -1.64. The minimum Gasteiger partial charge on any atom is -0.438 e. The van der Waals surface area contributed by atoms with E-state index in [0.29, 0.717) is 36.6 Å². The summed E-state index contributed by atoms with van der Waals surface area (Å²) in [6.45, 7) is 1.37. The molecule has 3 aromatic carbocycles. The molecule has 4 aromatic rings. The smallest absolute Gasteiger partial charge is 0.438 e. The third-order valence-electron chi connectivity index (χ3n) is 7.20. The molecule has 0 N–H and O–H groups in total. The molecule has 0 unspecified atom stereocenters. The molecule has 1 fully saturated rings. The van der Waals surface area contributed by atoms with Crippen LogP contribution in [-0.2, 0) is 25.5 Å². The fourth-order valence-corrected chi connectivity index (χ4v) is 4.78. The van der Waals surface area contributed by atoms with Crippen molar-refractivity contribution >= 4 is 18.4 Å². The largest absolute Gasteiger partial charge is 0.520 e. The maximum absolute atomic E-state index is 14.9. The van der Waals surface area contributed by atoms with Crippen molar-refractivity contribution < 1.29 is 42.2 Å². The Morgan fingerprint density at radius 3 is 2.22 bits per heavy atom. The third-order valence-corrected chi connectivity index (χ3v) is 7.20. The van der Waals surface area contributed by atoms with E-state index < -0.39 is 24.2 Å². The van der Waals surface area contributed by atoms with Crippen LogP contribution in [0.3, 0.4) is 0 Å². The van der Waals surface area contributed by atoms with Crippen molar-refractivity contribution in [1.29, 1.82) is 0 Å². The predicted octanol–water partition coefficient (Wildman–Crippen LogP) is 6.12. The molecule has 0 aliphatic carbocycles. The van der Waals surface area contributed by atoms with Gasteiger partial charge in [0.2, 0.25) is 5.82 Å². The topological polar surface area (TPSA) is 134 Å². The summed E-state index contributed by atoms with van der Waals surface area (Å²) in [5.74, 6) is -1.46. The molecule has 0 atom stereocenters. The van der Waals surface area contributed by atoms with Crippen LogP contribution < -0.4 is 0 Å². The van der Waals surface area contributed by atoms with E-state index in [1.165, 1.54) is 20.2 Å². The van der Waals surface area contributed by atoms with Gasteiger partial charge in [-0.2, -0.15) is 4.98 Å². The van der Waals surface area contributed by atoms with Crippen LogP contribution >= 0.6 is 0 Å². The van der Waals surface area contributed by atoms with E-state index in [1.807, 2.05) is 54.6 Å². The van der Waals surface area contributed by atoms with Crippen LogP contribution in [0.1, 0.15) is 18.4 Å². The molecule has 0 spiro atoms. The highest BCUT2D eigenvalue weighted by Gasteiger charge is 2.43. The highest BCUT2D eigenvalue weighted by Crippen LogP contribution is 2.31. The summed E-state index contributed by atoms with van der Waals surface area (Å²) in [4.78, 5) is 43.4. The Hall–Kier alpha value is -5.30. The molecule has 1 saturated heterocycles. The number of ether oxygens (including phenoxy) is 4. The Bertz CT molecular complexity index is 1650. The minimum absolute atomic E-state index is 0.129. The molecule has 0 bridgehead atoms. The molecular weight excluding hydrogens is 587 g/mol. The zero-order valence-electron chi connectivity index (χ0n) is 24.9. The number of hydrogen-bond donors (Lipinski definition) is 0. The standard InChI is InChI=1S/C32H31FN4O8/c1-36(2)29(38)42-31(40)44-32(43-30(39)41-3)15-17-37(18-16-32)20-21-9-11-23(12-10-21)27-34-28(45-35-27)24-13-14-25(26(33)19-24)22-7-5-4-6-8-22/h4-14,19H,15-18,20H2,1-3H3. The second-order valence-corrected chi connectivity index (χ2v) is 10.5. The lowest BCUT2D eigenvalue weighted by Gasteiger charge is -2.39. The molecule has 1 amide bonds. The third kappa shape index (κ3) is 7.62. The first-order valence-corrected chi connectivity index (χ1v) is 14.0. The highest BCUT2D eigenvalue weighted by atomic mass is 19.1. The van der Waals surface area contributed by atoms with Gasteiger partial charge in [-0.25, -0.2) is 18.8 Å². The second kappa shape index (κ2) is 13.6. The number of amides is 1. The van der Waals surface area contributed by atoms with Gasteiger partial charge in [-0.1, -0.05) is 65.8 Å². The first-order valence-electron chi connectivity index (χ1n) is 14.0. The summed E-state index contributed by atoms with van der Waals surface area (Å²) in [7, 11) is 3.96. The molecule has 5 rings (SSSR count). The molecule has 2 heterocycles.